The molecule has 0 aliphatic rings. The summed E-state index contributed by atoms with van der Waals surface area (Å²) in [6.07, 6.45) is 0. The van der Waals surface area contributed by atoms with Crippen LogP contribution in [0, 0.1) is 0 Å². The number of nitrogens with zero attached hydrogens (tertiary/aromatic N) is 1. The number of benzene rings is 3. The standard InChI is InChI=1S/C23H19NO3/c1-24(2)18-10-8-15(9-11-18)17-12-19(25)23-20(26)14-21(27-22(23)13-17)16-6-4-3-5-7-16/h3-14,25H,1-2H3. The molecule has 1 aromatic heterocycles. The molecule has 27 heavy (non-hydrogen) atoms. The van der Waals surface area contributed by atoms with E-state index in [0.29, 0.717) is 11.3 Å². The van der Waals surface area contributed by atoms with Crippen molar-refractivity contribution in [3.8, 4) is 28.2 Å². The van der Waals surface area contributed by atoms with Gasteiger partial charge in [-0.2, -0.15) is 0 Å². The van der Waals surface area contributed by atoms with Gasteiger partial charge < -0.3 is 14.4 Å². The van der Waals surface area contributed by atoms with Crippen molar-refractivity contribution in [2.24, 2.45) is 0 Å². The zero-order valence-electron chi connectivity index (χ0n) is 15.1. The number of anilines is 1. The van der Waals surface area contributed by atoms with E-state index in [1.165, 1.54) is 6.07 Å². The predicted molar refractivity (Wildman–Crippen MR) is 109 cm³/mol. The van der Waals surface area contributed by atoms with E-state index < -0.39 is 0 Å². The monoisotopic (exact) mass is 357 g/mol. The SMILES string of the molecule is CN(C)c1ccc(-c2cc(O)c3c(=O)cc(-c4ccccc4)oc3c2)cc1. The second-order valence-electron chi connectivity index (χ2n) is 6.65. The summed E-state index contributed by atoms with van der Waals surface area (Å²) in [5.41, 5.74) is 3.73. The zero-order valence-corrected chi connectivity index (χ0v) is 15.1. The minimum absolute atomic E-state index is 0.0763. The van der Waals surface area contributed by atoms with Crippen molar-refractivity contribution in [1.82, 2.24) is 0 Å². The summed E-state index contributed by atoms with van der Waals surface area (Å²) in [6.45, 7) is 0. The molecule has 0 saturated heterocycles. The Morgan fingerprint density at radius 3 is 2.19 bits per heavy atom. The van der Waals surface area contributed by atoms with Crippen molar-refractivity contribution in [1.29, 1.82) is 0 Å². The van der Waals surface area contributed by atoms with Crippen LogP contribution in [0.2, 0.25) is 0 Å². The highest BCUT2D eigenvalue weighted by Crippen LogP contribution is 2.32. The fourth-order valence-electron chi connectivity index (χ4n) is 3.13. The van der Waals surface area contributed by atoms with Crippen molar-refractivity contribution >= 4 is 16.7 Å². The summed E-state index contributed by atoms with van der Waals surface area (Å²) in [7, 11) is 3.97. The van der Waals surface area contributed by atoms with Crippen LogP contribution in [0.15, 0.2) is 82.0 Å². The molecule has 0 bridgehead atoms. The first-order valence-electron chi connectivity index (χ1n) is 8.67. The van der Waals surface area contributed by atoms with Gasteiger partial charge in [-0.05, 0) is 35.4 Å². The third-order valence-corrected chi connectivity index (χ3v) is 4.59. The first kappa shape index (κ1) is 16.9. The van der Waals surface area contributed by atoms with Crippen molar-refractivity contribution in [2.75, 3.05) is 19.0 Å². The Bertz CT molecular complexity index is 1160. The molecule has 0 unspecified atom stereocenters. The second kappa shape index (κ2) is 6.65. The number of hydrogen-bond acceptors (Lipinski definition) is 4. The molecule has 0 aliphatic heterocycles. The normalized spacial score (nSPS) is 10.9. The van der Waals surface area contributed by atoms with Gasteiger partial charge in [0.15, 0.2) is 5.43 Å². The van der Waals surface area contributed by atoms with Crippen LogP contribution in [-0.4, -0.2) is 19.2 Å². The van der Waals surface area contributed by atoms with Gasteiger partial charge in [0.1, 0.15) is 22.5 Å². The fourth-order valence-corrected chi connectivity index (χ4v) is 3.13. The van der Waals surface area contributed by atoms with E-state index >= 15 is 0 Å². The minimum atomic E-state index is -0.262. The molecule has 4 nitrogen and oxygen atoms in total. The Balaban J connectivity index is 1.88. The van der Waals surface area contributed by atoms with E-state index in [1.807, 2.05) is 73.6 Å². The van der Waals surface area contributed by atoms with Crippen LogP contribution in [0.1, 0.15) is 0 Å². The van der Waals surface area contributed by atoms with Gasteiger partial charge in [0.25, 0.3) is 0 Å². The number of phenols is 1. The highest BCUT2D eigenvalue weighted by atomic mass is 16.3. The lowest BCUT2D eigenvalue weighted by Crippen LogP contribution is -2.07. The second-order valence-corrected chi connectivity index (χ2v) is 6.65. The lowest BCUT2D eigenvalue weighted by atomic mass is 10.0. The van der Waals surface area contributed by atoms with Gasteiger partial charge >= 0.3 is 0 Å². The van der Waals surface area contributed by atoms with E-state index in [9.17, 15) is 9.90 Å². The molecule has 0 fully saturated rings. The summed E-state index contributed by atoms with van der Waals surface area (Å²) in [5, 5.41) is 10.6. The van der Waals surface area contributed by atoms with Gasteiger partial charge in [-0.3, -0.25) is 4.79 Å². The summed E-state index contributed by atoms with van der Waals surface area (Å²) in [4.78, 5) is 14.6. The number of rotatable bonds is 3. The van der Waals surface area contributed by atoms with Crippen molar-refractivity contribution in [2.45, 2.75) is 0 Å². The molecule has 1 heterocycles. The van der Waals surface area contributed by atoms with E-state index in [2.05, 4.69) is 0 Å². The Hall–Kier alpha value is -3.53. The van der Waals surface area contributed by atoms with Crippen molar-refractivity contribution < 1.29 is 9.52 Å². The number of hydrogen-bond donors (Lipinski definition) is 1. The topological polar surface area (TPSA) is 53.7 Å². The molecule has 134 valence electrons. The minimum Gasteiger partial charge on any atom is -0.507 e. The fraction of sp³-hybridized carbons (Fsp3) is 0.0870. The predicted octanol–water partition coefficient (Wildman–Crippen LogP) is 4.90. The van der Waals surface area contributed by atoms with Crippen LogP contribution >= 0.6 is 0 Å². The molecule has 1 N–H and O–H groups in total. The van der Waals surface area contributed by atoms with Gasteiger partial charge in [-0.25, -0.2) is 0 Å². The van der Waals surface area contributed by atoms with Crippen LogP contribution in [-0.2, 0) is 0 Å². The summed E-state index contributed by atoms with van der Waals surface area (Å²) in [6, 6.07) is 22.2. The molecule has 4 aromatic rings. The van der Waals surface area contributed by atoms with E-state index in [1.54, 1.807) is 12.1 Å². The average Bonchev–Trinajstić information content (AvgIpc) is 2.68. The Kier molecular flexibility index (Phi) is 4.16. The lowest BCUT2D eigenvalue weighted by molar-refractivity contribution is 0.480. The van der Waals surface area contributed by atoms with E-state index in [0.717, 1.165) is 22.4 Å². The van der Waals surface area contributed by atoms with Crippen molar-refractivity contribution in [3.63, 3.8) is 0 Å². The van der Waals surface area contributed by atoms with Crippen LogP contribution < -0.4 is 10.3 Å². The third-order valence-electron chi connectivity index (χ3n) is 4.59. The number of aromatic hydroxyl groups is 1. The van der Waals surface area contributed by atoms with Gasteiger partial charge in [-0.1, -0.05) is 42.5 Å². The first-order valence-corrected chi connectivity index (χ1v) is 8.67. The van der Waals surface area contributed by atoms with Crippen LogP contribution in [0.3, 0.4) is 0 Å². The molecule has 0 aliphatic carbocycles. The van der Waals surface area contributed by atoms with Crippen LogP contribution in [0.4, 0.5) is 5.69 Å². The van der Waals surface area contributed by atoms with Crippen molar-refractivity contribution in [3.05, 3.63) is 83.0 Å². The molecule has 4 rings (SSSR count). The maximum absolute atomic E-state index is 12.5. The van der Waals surface area contributed by atoms with Gasteiger partial charge in [0, 0.05) is 31.4 Å². The Morgan fingerprint density at radius 2 is 1.52 bits per heavy atom. The van der Waals surface area contributed by atoms with Gasteiger partial charge in [0.05, 0.1) is 0 Å². The smallest absolute Gasteiger partial charge is 0.197 e. The molecule has 0 saturated carbocycles. The van der Waals surface area contributed by atoms with E-state index in [4.69, 9.17) is 4.42 Å². The molecular formula is C23H19NO3. The average molecular weight is 357 g/mol. The quantitative estimate of drug-likeness (QED) is 0.567. The Morgan fingerprint density at radius 1 is 0.815 bits per heavy atom. The molecule has 0 radical (unpaired) electrons. The summed E-state index contributed by atoms with van der Waals surface area (Å²) >= 11 is 0. The van der Waals surface area contributed by atoms with E-state index in [-0.39, 0.29) is 16.6 Å². The van der Waals surface area contributed by atoms with Gasteiger partial charge in [0.2, 0.25) is 0 Å². The zero-order chi connectivity index (χ0) is 19.0. The Labute approximate surface area is 156 Å². The maximum Gasteiger partial charge on any atom is 0.197 e. The maximum atomic E-state index is 12.5. The molecule has 4 heteroatoms. The highest BCUT2D eigenvalue weighted by Gasteiger charge is 2.13. The van der Waals surface area contributed by atoms with Crippen LogP contribution in [0.25, 0.3) is 33.4 Å². The molecule has 3 aromatic carbocycles. The van der Waals surface area contributed by atoms with Gasteiger partial charge in [-0.15, -0.1) is 0 Å². The third kappa shape index (κ3) is 3.17. The molecular weight excluding hydrogens is 338 g/mol. The highest BCUT2D eigenvalue weighted by molar-refractivity contribution is 5.89. The lowest BCUT2D eigenvalue weighted by Gasteiger charge is -2.13. The largest absolute Gasteiger partial charge is 0.507 e. The summed E-state index contributed by atoms with van der Waals surface area (Å²) < 4.78 is 5.97. The summed E-state index contributed by atoms with van der Waals surface area (Å²) in [5.74, 6) is 0.403. The molecule has 0 atom stereocenters. The molecule has 0 amide bonds. The number of fused-ring (bicyclic) bond motifs is 1. The molecule has 0 spiro atoms. The number of phenolic OH excluding ortho intramolecular Hbond substituents is 1. The first-order chi connectivity index (χ1) is 13.0. The van der Waals surface area contributed by atoms with Crippen LogP contribution in [0.5, 0.6) is 5.75 Å².